The number of unbranched alkanes of at least 4 members (excludes halogenated alkanes) is 1. The zero-order valence-electron chi connectivity index (χ0n) is 15.2. The van der Waals surface area contributed by atoms with Crippen LogP contribution in [0.3, 0.4) is 0 Å². The molecule has 1 aromatic rings. The number of nitrogens with zero attached hydrogens (tertiary/aromatic N) is 1. The zero-order chi connectivity index (χ0) is 18.4. The lowest BCUT2D eigenvalue weighted by atomic mass is 10.00. The molecule has 1 aliphatic carbocycles. The third-order valence-electron chi connectivity index (χ3n) is 4.82. The summed E-state index contributed by atoms with van der Waals surface area (Å²) in [6.45, 7) is 2.82. The number of hydrogen-bond donors (Lipinski definition) is 2. The molecule has 2 aliphatic rings. The van der Waals surface area contributed by atoms with Crippen molar-refractivity contribution in [1.29, 1.82) is 0 Å². The van der Waals surface area contributed by atoms with E-state index in [1.807, 2.05) is 31.2 Å². The van der Waals surface area contributed by atoms with Gasteiger partial charge in [-0.25, -0.2) is 4.79 Å². The van der Waals surface area contributed by atoms with Crippen LogP contribution >= 0.6 is 0 Å². The minimum Gasteiger partial charge on any atom is -0.450 e. The highest BCUT2D eigenvalue weighted by Gasteiger charge is 2.32. The summed E-state index contributed by atoms with van der Waals surface area (Å²) in [4.78, 5) is 26.9. The van der Waals surface area contributed by atoms with Crippen molar-refractivity contribution in [3.63, 3.8) is 0 Å². The molecule has 1 aliphatic heterocycles. The molecule has 0 aromatic heterocycles. The fourth-order valence-electron chi connectivity index (χ4n) is 3.40. The maximum absolute atomic E-state index is 12.6. The topological polar surface area (TPSA) is 70.7 Å². The smallest absolute Gasteiger partial charge is 0.407 e. The van der Waals surface area contributed by atoms with Crippen molar-refractivity contribution in [3.05, 3.63) is 36.4 Å². The number of para-hydroxylation sites is 2. The minimum atomic E-state index is -0.660. The first-order chi connectivity index (χ1) is 12.7. The number of nitrogens with one attached hydrogen (secondary N) is 2. The highest BCUT2D eigenvalue weighted by atomic mass is 16.5. The van der Waals surface area contributed by atoms with Gasteiger partial charge in [0.25, 0.3) is 0 Å². The van der Waals surface area contributed by atoms with Crippen LogP contribution in [0.2, 0.25) is 0 Å². The van der Waals surface area contributed by atoms with E-state index in [9.17, 15) is 9.59 Å². The van der Waals surface area contributed by atoms with Crippen LogP contribution in [0.1, 0.15) is 39.0 Å². The number of benzene rings is 1. The van der Waals surface area contributed by atoms with E-state index in [1.165, 1.54) is 0 Å². The second-order valence-electron chi connectivity index (χ2n) is 6.77. The standard InChI is InChI=1S/C20H27N3O3/c1-2-3-13-26-20(25)22-17-14-23(15-9-5-4-6-10-15)18-12-8-7-11-16(18)21-19(17)24/h5,7-9,11-12,15,17H,2-4,6,10,13-14H2,1H3,(H,21,24)(H,22,25)/t15?,17-/m1/s1. The van der Waals surface area contributed by atoms with Gasteiger partial charge in [0, 0.05) is 12.6 Å². The Balaban J connectivity index is 1.78. The van der Waals surface area contributed by atoms with Gasteiger partial charge in [0.15, 0.2) is 0 Å². The normalized spacial score (nSPS) is 22.2. The molecule has 2 amide bonds. The lowest BCUT2D eigenvalue weighted by Crippen LogP contribution is -2.51. The Bertz CT molecular complexity index is 674. The highest BCUT2D eigenvalue weighted by Crippen LogP contribution is 2.32. The molecule has 1 aromatic carbocycles. The molecule has 0 radical (unpaired) electrons. The SMILES string of the molecule is CCCCOC(=O)N[C@@H]1CN(C2C=CCCC2)c2ccccc2NC1=O. The Kier molecular flexibility index (Phi) is 6.15. The minimum absolute atomic E-state index is 0.216. The van der Waals surface area contributed by atoms with Crippen molar-refractivity contribution in [2.45, 2.75) is 51.1 Å². The number of anilines is 2. The molecule has 3 rings (SSSR count). The molecule has 2 N–H and O–H groups in total. The first-order valence-electron chi connectivity index (χ1n) is 9.45. The molecule has 140 valence electrons. The lowest BCUT2D eigenvalue weighted by molar-refractivity contribution is -0.117. The van der Waals surface area contributed by atoms with E-state index >= 15 is 0 Å². The number of alkyl carbamates (subject to hydrolysis) is 1. The average Bonchev–Trinajstić information content (AvgIpc) is 2.79. The molecule has 6 nitrogen and oxygen atoms in total. The van der Waals surface area contributed by atoms with Crippen LogP contribution in [0.4, 0.5) is 16.2 Å². The first kappa shape index (κ1) is 18.3. The summed E-state index contributed by atoms with van der Waals surface area (Å²) in [6, 6.07) is 7.34. The molecule has 0 saturated heterocycles. The predicted octanol–water partition coefficient (Wildman–Crippen LogP) is 3.45. The van der Waals surface area contributed by atoms with Gasteiger partial charge in [0.1, 0.15) is 6.04 Å². The molecular weight excluding hydrogens is 330 g/mol. The van der Waals surface area contributed by atoms with Crippen LogP contribution in [-0.4, -0.2) is 37.2 Å². The summed E-state index contributed by atoms with van der Waals surface area (Å²) < 4.78 is 5.17. The Morgan fingerprint density at radius 1 is 1.38 bits per heavy atom. The van der Waals surface area contributed by atoms with Gasteiger partial charge in [-0.15, -0.1) is 0 Å². The molecule has 0 saturated carbocycles. The summed E-state index contributed by atoms with van der Waals surface area (Å²) in [5, 5.41) is 5.67. The fraction of sp³-hybridized carbons (Fsp3) is 0.500. The van der Waals surface area contributed by atoms with Gasteiger partial charge in [-0.05, 0) is 37.8 Å². The van der Waals surface area contributed by atoms with Crippen LogP contribution < -0.4 is 15.5 Å². The van der Waals surface area contributed by atoms with Gasteiger partial charge in [-0.2, -0.15) is 0 Å². The van der Waals surface area contributed by atoms with Crippen molar-refractivity contribution in [2.75, 3.05) is 23.4 Å². The summed E-state index contributed by atoms with van der Waals surface area (Å²) in [6.07, 6.45) is 8.87. The van der Waals surface area contributed by atoms with Crippen LogP contribution in [0.5, 0.6) is 0 Å². The number of ether oxygens (including phenoxy) is 1. The van der Waals surface area contributed by atoms with Crippen LogP contribution in [0, 0.1) is 0 Å². The molecule has 0 spiro atoms. The molecular formula is C20H27N3O3. The molecule has 2 atom stereocenters. The van der Waals surface area contributed by atoms with Crippen molar-refractivity contribution >= 4 is 23.4 Å². The van der Waals surface area contributed by atoms with Crippen molar-refractivity contribution in [2.24, 2.45) is 0 Å². The Hall–Kier alpha value is -2.50. The Labute approximate surface area is 154 Å². The predicted molar refractivity (Wildman–Crippen MR) is 102 cm³/mol. The largest absolute Gasteiger partial charge is 0.450 e. The molecule has 26 heavy (non-hydrogen) atoms. The zero-order valence-corrected chi connectivity index (χ0v) is 15.2. The number of carbonyl (C=O) groups is 2. The second kappa shape index (κ2) is 8.74. The molecule has 1 unspecified atom stereocenters. The summed E-state index contributed by atoms with van der Waals surface area (Å²) in [5.74, 6) is -0.216. The van der Waals surface area contributed by atoms with Gasteiger partial charge in [-0.3, -0.25) is 4.79 Å². The van der Waals surface area contributed by atoms with Gasteiger partial charge < -0.3 is 20.3 Å². The van der Waals surface area contributed by atoms with Gasteiger partial charge in [0.05, 0.1) is 18.0 Å². The quantitative estimate of drug-likeness (QED) is 0.625. The second-order valence-corrected chi connectivity index (χ2v) is 6.77. The van der Waals surface area contributed by atoms with E-state index in [1.54, 1.807) is 0 Å². The van der Waals surface area contributed by atoms with Crippen LogP contribution in [0.15, 0.2) is 36.4 Å². The first-order valence-corrected chi connectivity index (χ1v) is 9.45. The number of hydrogen-bond acceptors (Lipinski definition) is 4. The lowest BCUT2D eigenvalue weighted by Gasteiger charge is -2.34. The van der Waals surface area contributed by atoms with Crippen molar-refractivity contribution < 1.29 is 14.3 Å². The Morgan fingerprint density at radius 2 is 2.23 bits per heavy atom. The van der Waals surface area contributed by atoms with Crippen LogP contribution in [0.25, 0.3) is 0 Å². The third kappa shape index (κ3) is 4.36. The maximum Gasteiger partial charge on any atom is 0.407 e. The van der Waals surface area contributed by atoms with E-state index < -0.39 is 12.1 Å². The molecule has 1 heterocycles. The molecule has 0 bridgehead atoms. The fourth-order valence-corrected chi connectivity index (χ4v) is 3.40. The van der Waals surface area contributed by atoms with Gasteiger partial charge in [-0.1, -0.05) is 37.6 Å². The van der Waals surface area contributed by atoms with E-state index in [0.29, 0.717) is 13.2 Å². The molecule has 6 heteroatoms. The van der Waals surface area contributed by atoms with Gasteiger partial charge in [0.2, 0.25) is 5.91 Å². The third-order valence-corrected chi connectivity index (χ3v) is 4.82. The number of amides is 2. The number of fused-ring (bicyclic) bond motifs is 1. The summed E-state index contributed by atoms with van der Waals surface area (Å²) in [7, 11) is 0. The summed E-state index contributed by atoms with van der Waals surface area (Å²) in [5.41, 5.74) is 1.76. The van der Waals surface area contributed by atoms with Gasteiger partial charge >= 0.3 is 6.09 Å². The summed E-state index contributed by atoms with van der Waals surface area (Å²) >= 11 is 0. The van der Waals surface area contributed by atoms with Crippen LogP contribution in [-0.2, 0) is 9.53 Å². The highest BCUT2D eigenvalue weighted by molar-refractivity contribution is 6.01. The number of allylic oxidation sites excluding steroid dienone is 1. The van der Waals surface area contributed by atoms with E-state index in [-0.39, 0.29) is 11.9 Å². The number of rotatable bonds is 5. The van der Waals surface area contributed by atoms with E-state index in [0.717, 1.165) is 43.5 Å². The average molecular weight is 357 g/mol. The maximum atomic E-state index is 12.6. The monoisotopic (exact) mass is 357 g/mol. The van der Waals surface area contributed by atoms with Crippen molar-refractivity contribution in [3.8, 4) is 0 Å². The van der Waals surface area contributed by atoms with E-state index in [4.69, 9.17) is 4.74 Å². The Morgan fingerprint density at radius 3 is 3.00 bits per heavy atom. The molecule has 0 fully saturated rings. The number of carbonyl (C=O) groups excluding carboxylic acids is 2. The van der Waals surface area contributed by atoms with Crippen molar-refractivity contribution in [1.82, 2.24) is 5.32 Å². The van der Waals surface area contributed by atoms with E-state index in [2.05, 4.69) is 27.7 Å².